The van der Waals surface area contributed by atoms with Gasteiger partial charge in [0.25, 0.3) is 0 Å². The Labute approximate surface area is 73.0 Å². The molecule has 1 rings (SSSR count). The molecule has 2 heteroatoms. The van der Waals surface area contributed by atoms with Gasteiger partial charge in [-0.05, 0) is 12.6 Å². The van der Waals surface area contributed by atoms with Gasteiger partial charge in [-0.1, -0.05) is 30.3 Å². The van der Waals surface area contributed by atoms with Crippen molar-refractivity contribution in [3.63, 3.8) is 0 Å². The maximum Gasteiger partial charge on any atom is 0.0866 e. The third-order valence-electron chi connectivity index (χ3n) is 1.64. The molecular formula is C10H12N2. The normalized spacial score (nSPS) is 9.75. The van der Waals surface area contributed by atoms with Gasteiger partial charge in [-0.3, -0.25) is 4.90 Å². The lowest BCUT2D eigenvalue weighted by Gasteiger charge is -2.11. The molecule has 0 N–H and O–H groups in total. The Kier molecular flexibility index (Phi) is 3.31. The standard InChI is InChI=1S/C10H12N2/c1-12(8-7-11)9-10-5-3-2-4-6-10/h2-6H,8-9H2,1H3. The third-order valence-corrected chi connectivity index (χ3v) is 1.64. The molecule has 62 valence electrons. The Morgan fingerprint density at radius 1 is 1.33 bits per heavy atom. The maximum absolute atomic E-state index is 8.42. The van der Waals surface area contributed by atoms with Crippen molar-refractivity contribution >= 4 is 0 Å². The van der Waals surface area contributed by atoms with Crippen LogP contribution in [-0.4, -0.2) is 18.5 Å². The first-order chi connectivity index (χ1) is 5.83. The molecule has 0 radical (unpaired) electrons. The van der Waals surface area contributed by atoms with Crippen molar-refractivity contribution in [1.29, 1.82) is 5.26 Å². The predicted octanol–water partition coefficient (Wildman–Crippen LogP) is 1.64. The molecule has 0 bridgehead atoms. The van der Waals surface area contributed by atoms with E-state index in [-0.39, 0.29) is 0 Å². The Morgan fingerprint density at radius 2 is 2.00 bits per heavy atom. The molecule has 0 heterocycles. The topological polar surface area (TPSA) is 27.0 Å². The molecular weight excluding hydrogens is 148 g/mol. The van der Waals surface area contributed by atoms with E-state index in [9.17, 15) is 0 Å². The molecule has 0 unspecified atom stereocenters. The highest BCUT2D eigenvalue weighted by atomic mass is 15.1. The van der Waals surface area contributed by atoms with Crippen LogP contribution in [-0.2, 0) is 6.54 Å². The van der Waals surface area contributed by atoms with E-state index >= 15 is 0 Å². The highest BCUT2D eigenvalue weighted by Crippen LogP contribution is 2.01. The van der Waals surface area contributed by atoms with Crippen molar-refractivity contribution in [1.82, 2.24) is 4.90 Å². The van der Waals surface area contributed by atoms with Crippen molar-refractivity contribution in [3.05, 3.63) is 35.9 Å². The van der Waals surface area contributed by atoms with Gasteiger partial charge in [0.1, 0.15) is 0 Å². The second-order valence-corrected chi connectivity index (χ2v) is 2.82. The Balaban J connectivity index is 2.48. The van der Waals surface area contributed by atoms with E-state index in [1.807, 2.05) is 30.1 Å². The lowest BCUT2D eigenvalue weighted by Crippen LogP contribution is -2.17. The monoisotopic (exact) mass is 160 g/mol. The van der Waals surface area contributed by atoms with E-state index in [1.54, 1.807) is 0 Å². The van der Waals surface area contributed by atoms with Gasteiger partial charge in [-0.25, -0.2) is 0 Å². The molecule has 0 fully saturated rings. The smallest absolute Gasteiger partial charge is 0.0866 e. The van der Waals surface area contributed by atoms with Gasteiger partial charge in [0.2, 0.25) is 0 Å². The number of nitrogens with zero attached hydrogens (tertiary/aromatic N) is 2. The number of nitriles is 1. The van der Waals surface area contributed by atoms with Crippen molar-refractivity contribution < 1.29 is 0 Å². The summed E-state index contributed by atoms with van der Waals surface area (Å²) in [5.41, 5.74) is 1.25. The number of benzene rings is 1. The molecule has 0 aliphatic rings. The van der Waals surface area contributed by atoms with E-state index in [0.717, 1.165) is 6.54 Å². The summed E-state index contributed by atoms with van der Waals surface area (Å²) in [7, 11) is 1.94. The van der Waals surface area contributed by atoms with Crippen LogP contribution in [0.25, 0.3) is 0 Å². The summed E-state index contributed by atoms with van der Waals surface area (Å²) in [5.74, 6) is 0. The second-order valence-electron chi connectivity index (χ2n) is 2.82. The van der Waals surface area contributed by atoms with Gasteiger partial charge in [-0.2, -0.15) is 5.26 Å². The molecule has 1 aromatic rings. The van der Waals surface area contributed by atoms with Crippen LogP contribution < -0.4 is 0 Å². The number of hydrogen-bond acceptors (Lipinski definition) is 2. The minimum atomic E-state index is 0.481. The molecule has 0 aliphatic carbocycles. The van der Waals surface area contributed by atoms with Crippen LogP contribution in [0.3, 0.4) is 0 Å². The Hall–Kier alpha value is -1.33. The number of rotatable bonds is 3. The molecule has 0 aliphatic heterocycles. The third kappa shape index (κ3) is 2.73. The predicted molar refractivity (Wildman–Crippen MR) is 48.4 cm³/mol. The quantitative estimate of drug-likeness (QED) is 0.628. The largest absolute Gasteiger partial charge is 0.289 e. The summed E-state index contributed by atoms with van der Waals surface area (Å²) in [4.78, 5) is 1.98. The molecule has 2 nitrogen and oxygen atoms in total. The Bertz CT molecular complexity index is 261. The van der Waals surface area contributed by atoms with Crippen molar-refractivity contribution in [2.24, 2.45) is 0 Å². The summed E-state index contributed by atoms with van der Waals surface area (Å²) in [5, 5.41) is 8.42. The SMILES string of the molecule is CN(CC#N)Cc1ccccc1. The van der Waals surface area contributed by atoms with E-state index in [1.165, 1.54) is 5.56 Å². The van der Waals surface area contributed by atoms with Gasteiger partial charge in [0.05, 0.1) is 12.6 Å². The minimum absolute atomic E-state index is 0.481. The first-order valence-corrected chi connectivity index (χ1v) is 3.92. The van der Waals surface area contributed by atoms with Gasteiger partial charge in [0.15, 0.2) is 0 Å². The average molecular weight is 160 g/mol. The first-order valence-electron chi connectivity index (χ1n) is 3.92. The molecule has 12 heavy (non-hydrogen) atoms. The summed E-state index contributed by atoms with van der Waals surface area (Å²) in [6, 6.07) is 12.3. The fourth-order valence-corrected chi connectivity index (χ4v) is 1.07. The van der Waals surface area contributed by atoms with Crippen LogP contribution in [0.4, 0.5) is 0 Å². The van der Waals surface area contributed by atoms with Crippen molar-refractivity contribution in [2.75, 3.05) is 13.6 Å². The van der Waals surface area contributed by atoms with Crippen LogP contribution in [0.2, 0.25) is 0 Å². The van der Waals surface area contributed by atoms with Crippen LogP contribution in [0.1, 0.15) is 5.56 Å². The minimum Gasteiger partial charge on any atom is -0.289 e. The van der Waals surface area contributed by atoms with E-state index in [0.29, 0.717) is 6.54 Å². The summed E-state index contributed by atoms with van der Waals surface area (Å²) in [6.07, 6.45) is 0. The highest BCUT2D eigenvalue weighted by Gasteiger charge is 1.96. The summed E-state index contributed by atoms with van der Waals surface area (Å²) >= 11 is 0. The summed E-state index contributed by atoms with van der Waals surface area (Å²) in [6.45, 7) is 1.32. The molecule has 0 aromatic heterocycles. The zero-order chi connectivity index (χ0) is 8.81. The van der Waals surface area contributed by atoms with Gasteiger partial charge >= 0.3 is 0 Å². The number of hydrogen-bond donors (Lipinski definition) is 0. The molecule has 0 amide bonds. The maximum atomic E-state index is 8.42. The fraction of sp³-hybridized carbons (Fsp3) is 0.300. The molecule has 0 saturated heterocycles. The molecule has 1 aromatic carbocycles. The van der Waals surface area contributed by atoms with Crippen LogP contribution in [0.5, 0.6) is 0 Å². The van der Waals surface area contributed by atoms with Crippen LogP contribution in [0, 0.1) is 11.3 Å². The van der Waals surface area contributed by atoms with Crippen molar-refractivity contribution in [3.8, 4) is 6.07 Å². The second kappa shape index (κ2) is 4.53. The zero-order valence-corrected chi connectivity index (χ0v) is 7.20. The lowest BCUT2D eigenvalue weighted by molar-refractivity contribution is 0.367. The first kappa shape index (κ1) is 8.76. The molecule has 0 spiro atoms. The van der Waals surface area contributed by atoms with Gasteiger partial charge < -0.3 is 0 Å². The highest BCUT2D eigenvalue weighted by molar-refractivity contribution is 5.14. The van der Waals surface area contributed by atoms with E-state index < -0.39 is 0 Å². The lowest BCUT2D eigenvalue weighted by atomic mass is 10.2. The van der Waals surface area contributed by atoms with Gasteiger partial charge in [0, 0.05) is 6.54 Å². The Morgan fingerprint density at radius 3 is 2.58 bits per heavy atom. The van der Waals surface area contributed by atoms with Crippen LogP contribution >= 0.6 is 0 Å². The van der Waals surface area contributed by atoms with Gasteiger partial charge in [-0.15, -0.1) is 0 Å². The van der Waals surface area contributed by atoms with E-state index in [4.69, 9.17) is 5.26 Å². The average Bonchev–Trinajstić information content (AvgIpc) is 2.06. The fourth-order valence-electron chi connectivity index (χ4n) is 1.07. The van der Waals surface area contributed by atoms with Crippen molar-refractivity contribution in [2.45, 2.75) is 6.54 Å². The molecule has 0 saturated carbocycles. The summed E-state index contributed by atoms with van der Waals surface area (Å²) < 4.78 is 0. The molecule has 0 atom stereocenters. The van der Waals surface area contributed by atoms with Crippen LogP contribution in [0.15, 0.2) is 30.3 Å². The zero-order valence-electron chi connectivity index (χ0n) is 7.20. The van der Waals surface area contributed by atoms with E-state index in [2.05, 4.69) is 18.2 Å².